The maximum absolute atomic E-state index is 4.71. The Morgan fingerprint density at radius 1 is 1.19 bits per heavy atom. The van der Waals surface area contributed by atoms with E-state index < -0.39 is 0 Å². The molecule has 0 amide bonds. The molecule has 0 aromatic carbocycles. The molecule has 0 aliphatic carbocycles. The number of hydrogen-bond acceptors (Lipinski definition) is 4. The molecule has 2 aromatic rings. The molecule has 3 rings (SSSR count). The predicted octanol–water partition coefficient (Wildman–Crippen LogP) is 2.95. The molecule has 0 bridgehead atoms. The first-order valence-corrected chi connectivity index (χ1v) is 6.39. The van der Waals surface area contributed by atoms with Crippen LogP contribution < -0.4 is 5.32 Å². The van der Waals surface area contributed by atoms with Crippen LogP contribution in [0.2, 0.25) is 0 Å². The molecule has 0 saturated carbocycles. The molecule has 2 aromatic heterocycles. The fraction of sp³-hybridized carbons (Fsp3) is 0.333. The van der Waals surface area contributed by atoms with Gasteiger partial charge in [0.25, 0.3) is 0 Å². The van der Waals surface area contributed by atoms with Crippen molar-refractivity contribution in [2.45, 2.75) is 19.3 Å². The zero-order chi connectivity index (χ0) is 10.8. The summed E-state index contributed by atoms with van der Waals surface area (Å²) in [6.07, 6.45) is 7.21. The third-order valence-corrected chi connectivity index (χ3v) is 3.85. The van der Waals surface area contributed by atoms with Gasteiger partial charge < -0.3 is 5.32 Å². The summed E-state index contributed by atoms with van der Waals surface area (Å²) in [4.78, 5) is 8.74. The van der Waals surface area contributed by atoms with Gasteiger partial charge in [-0.2, -0.15) is 0 Å². The van der Waals surface area contributed by atoms with Gasteiger partial charge in [0.05, 0.1) is 5.69 Å². The van der Waals surface area contributed by atoms with E-state index in [9.17, 15) is 0 Å². The molecule has 0 unspecified atom stereocenters. The Morgan fingerprint density at radius 2 is 2.06 bits per heavy atom. The van der Waals surface area contributed by atoms with Crippen molar-refractivity contribution in [1.82, 2.24) is 9.97 Å². The molecule has 1 aliphatic rings. The van der Waals surface area contributed by atoms with Crippen molar-refractivity contribution in [3.63, 3.8) is 0 Å². The van der Waals surface area contributed by atoms with Crippen LogP contribution in [0.3, 0.4) is 0 Å². The quantitative estimate of drug-likeness (QED) is 0.820. The third kappa shape index (κ3) is 1.80. The highest BCUT2D eigenvalue weighted by Crippen LogP contribution is 2.33. The third-order valence-electron chi connectivity index (χ3n) is 2.75. The molecule has 0 spiro atoms. The van der Waals surface area contributed by atoms with Gasteiger partial charge in [-0.1, -0.05) is 11.3 Å². The number of nitrogens with zero attached hydrogens (tertiary/aromatic N) is 2. The van der Waals surface area contributed by atoms with E-state index in [1.807, 2.05) is 24.5 Å². The van der Waals surface area contributed by atoms with Crippen molar-refractivity contribution in [2.75, 3.05) is 11.9 Å². The highest BCUT2D eigenvalue weighted by molar-refractivity contribution is 7.19. The van der Waals surface area contributed by atoms with Crippen LogP contribution in [0.5, 0.6) is 0 Å². The Balaban J connectivity index is 1.98. The average Bonchev–Trinajstić information content (AvgIpc) is 2.62. The van der Waals surface area contributed by atoms with E-state index in [-0.39, 0.29) is 0 Å². The zero-order valence-corrected chi connectivity index (χ0v) is 9.76. The molecule has 0 radical (unpaired) electrons. The zero-order valence-electron chi connectivity index (χ0n) is 8.94. The van der Waals surface area contributed by atoms with Gasteiger partial charge in [0.15, 0.2) is 0 Å². The maximum atomic E-state index is 4.71. The Bertz CT molecular complexity index is 455. The smallest absolute Gasteiger partial charge is 0.125 e. The Kier molecular flexibility index (Phi) is 2.58. The van der Waals surface area contributed by atoms with Gasteiger partial charge >= 0.3 is 0 Å². The van der Waals surface area contributed by atoms with Crippen molar-refractivity contribution < 1.29 is 0 Å². The molecular formula is C12H13N3S. The van der Waals surface area contributed by atoms with Crippen LogP contribution in [0.1, 0.15) is 18.5 Å². The van der Waals surface area contributed by atoms with Crippen LogP contribution in [-0.4, -0.2) is 16.5 Å². The second-order valence-corrected chi connectivity index (χ2v) is 4.91. The Morgan fingerprint density at radius 3 is 2.94 bits per heavy atom. The minimum atomic E-state index is 1.07. The van der Waals surface area contributed by atoms with Gasteiger partial charge in [-0.25, -0.2) is 4.98 Å². The van der Waals surface area contributed by atoms with Gasteiger partial charge in [-0.15, -0.1) is 0 Å². The lowest BCUT2D eigenvalue weighted by atomic mass is 10.2. The number of pyridine rings is 1. The topological polar surface area (TPSA) is 37.8 Å². The normalized spacial score (nSPS) is 15.0. The second kappa shape index (κ2) is 4.22. The van der Waals surface area contributed by atoms with E-state index in [0.29, 0.717) is 0 Å². The van der Waals surface area contributed by atoms with Crippen LogP contribution in [0.15, 0.2) is 24.5 Å². The molecule has 3 nitrogen and oxygen atoms in total. The number of rotatable bonds is 1. The number of thiazole rings is 1. The fourth-order valence-corrected chi connectivity index (χ4v) is 2.94. The largest absolute Gasteiger partial charge is 0.375 e. The van der Waals surface area contributed by atoms with Gasteiger partial charge in [-0.05, 0) is 31.4 Å². The van der Waals surface area contributed by atoms with Crippen molar-refractivity contribution in [2.24, 2.45) is 0 Å². The Hall–Kier alpha value is -1.42. The Labute approximate surface area is 98.6 Å². The maximum Gasteiger partial charge on any atom is 0.125 e. The van der Waals surface area contributed by atoms with Crippen molar-refractivity contribution in [1.29, 1.82) is 0 Å². The van der Waals surface area contributed by atoms with Gasteiger partial charge in [-0.3, -0.25) is 4.98 Å². The molecule has 82 valence electrons. The average molecular weight is 231 g/mol. The summed E-state index contributed by atoms with van der Waals surface area (Å²) in [5.41, 5.74) is 2.39. The minimum absolute atomic E-state index is 1.07. The molecule has 0 saturated heterocycles. The summed E-state index contributed by atoms with van der Waals surface area (Å²) in [7, 11) is 0. The van der Waals surface area contributed by atoms with E-state index in [4.69, 9.17) is 4.98 Å². The van der Waals surface area contributed by atoms with E-state index in [1.165, 1.54) is 23.5 Å². The molecular weight excluding hydrogens is 218 g/mol. The highest BCUT2D eigenvalue weighted by Gasteiger charge is 2.14. The second-order valence-electron chi connectivity index (χ2n) is 3.91. The van der Waals surface area contributed by atoms with Crippen LogP contribution in [0.4, 0.5) is 5.00 Å². The van der Waals surface area contributed by atoms with Crippen LogP contribution >= 0.6 is 11.3 Å². The summed E-state index contributed by atoms with van der Waals surface area (Å²) in [6, 6.07) is 4.02. The van der Waals surface area contributed by atoms with Crippen LogP contribution in [0, 0.1) is 0 Å². The monoisotopic (exact) mass is 231 g/mol. The lowest BCUT2D eigenvalue weighted by molar-refractivity contribution is 0.775. The summed E-state index contributed by atoms with van der Waals surface area (Å²) in [5, 5.41) is 5.81. The van der Waals surface area contributed by atoms with E-state index in [1.54, 1.807) is 11.3 Å². The molecule has 16 heavy (non-hydrogen) atoms. The van der Waals surface area contributed by atoms with Crippen molar-refractivity contribution in [3.05, 3.63) is 30.2 Å². The SMILES string of the molecule is c1cc(-c2nc3c(s2)NCCCC3)ccn1. The highest BCUT2D eigenvalue weighted by atomic mass is 32.1. The van der Waals surface area contributed by atoms with Crippen LogP contribution in [0.25, 0.3) is 10.6 Å². The molecule has 3 heterocycles. The van der Waals surface area contributed by atoms with Crippen LogP contribution in [-0.2, 0) is 6.42 Å². The van der Waals surface area contributed by atoms with E-state index in [0.717, 1.165) is 23.5 Å². The van der Waals surface area contributed by atoms with Gasteiger partial charge in [0.2, 0.25) is 0 Å². The van der Waals surface area contributed by atoms with E-state index in [2.05, 4.69) is 10.3 Å². The molecule has 1 aliphatic heterocycles. The summed E-state index contributed by atoms with van der Waals surface area (Å²) in [5.74, 6) is 0. The lowest BCUT2D eigenvalue weighted by Crippen LogP contribution is -1.96. The van der Waals surface area contributed by atoms with Gasteiger partial charge in [0.1, 0.15) is 10.0 Å². The molecule has 4 heteroatoms. The van der Waals surface area contributed by atoms with Crippen molar-refractivity contribution >= 4 is 16.3 Å². The first-order valence-electron chi connectivity index (χ1n) is 5.57. The summed E-state index contributed by atoms with van der Waals surface area (Å²) >= 11 is 1.75. The fourth-order valence-electron chi connectivity index (χ4n) is 1.90. The predicted molar refractivity (Wildman–Crippen MR) is 66.8 cm³/mol. The summed E-state index contributed by atoms with van der Waals surface area (Å²) < 4.78 is 0. The van der Waals surface area contributed by atoms with E-state index >= 15 is 0 Å². The van der Waals surface area contributed by atoms with Gasteiger partial charge in [0, 0.05) is 24.5 Å². The number of anilines is 1. The molecule has 0 fully saturated rings. The summed E-state index contributed by atoms with van der Waals surface area (Å²) in [6.45, 7) is 1.07. The number of aromatic nitrogens is 2. The molecule has 0 atom stereocenters. The van der Waals surface area contributed by atoms with Crippen molar-refractivity contribution in [3.8, 4) is 10.6 Å². The lowest BCUT2D eigenvalue weighted by Gasteiger charge is -1.97. The molecule has 1 N–H and O–H groups in total. The number of fused-ring (bicyclic) bond motifs is 1. The number of hydrogen-bond donors (Lipinski definition) is 1. The number of aryl methyl sites for hydroxylation is 1. The number of nitrogens with one attached hydrogen (secondary N) is 1. The first-order chi connectivity index (χ1) is 7.93. The standard InChI is InChI=1S/C12H13N3S/c1-2-6-14-12-10(3-1)15-11(16-12)9-4-7-13-8-5-9/h4-5,7-8,14H,1-3,6H2. The minimum Gasteiger partial charge on any atom is -0.375 e. The first kappa shape index (κ1) is 9.78.